The van der Waals surface area contributed by atoms with Crippen LogP contribution < -0.4 is 5.73 Å². The van der Waals surface area contributed by atoms with Crippen LogP contribution >= 0.6 is 0 Å². The first-order valence-electron chi connectivity index (χ1n) is 3.82. The van der Waals surface area contributed by atoms with Crippen molar-refractivity contribution in [3.8, 4) is 0 Å². The van der Waals surface area contributed by atoms with E-state index in [4.69, 9.17) is 10.5 Å². The Bertz CT molecular complexity index is 126. The molecule has 0 aromatic heterocycles. The Kier molecular flexibility index (Phi) is 1.44. The van der Waals surface area contributed by atoms with Gasteiger partial charge in [0.2, 0.25) is 0 Å². The topological polar surface area (TPSA) is 38.5 Å². The molecule has 10 heavy (non-hydrogen) atoms. The smallest absolute Gasteiger partial charge is 0.0626 e. The van der Waals surface area contributed by atoms with Gasteiger partial charge in [-0.15, -0.1) is 0 Å². The summed E-state index contributed by atoms with van der Waals surface area (Å²) < 4.78 is 5.33. The molecule has 2 rings (SSSR count). The Hall–Kier alpha value is -0.120. The number of hydrogen-bond acceptors (Lipinski definition) is 3. The van der Waals surface area contributed by atoms with Crippen molar-refractivity contribution in [2.45, 2.75) is 12.1 Å². The monoisotopic (exact) mass is 142 g/mol. The number of likely N-dealkylation sites (N-methyl/N-ethyl adjacent to an activating group) is 1. The fraction of sp³-hybridized carbons (Fsp3) is 1.00. The Morgan fingerprint density at radius 3 is 3.00 bits per heavy atom. The van der Waals surface area contributed by atoms with Crippen LogP contribution in [0.15, 0.2) is 0 Å². The number of ether oxygens (including phenoxy) is 1. The first kappa shape index (κ1) is 6.58. The highest BCUT2D eigenvalue weighted by Crippen LogP contribution is 2.27. The minimum absolute atomic E-state index is 0.345. The van der Waals surface area contributed by atoms with Crippen LogP contribution in [0.2, 0.25) is 0 Å². The molecule has 0 spiro atoms. The number of likely N-dealkylation sites (tertiary alicyclic amines) is 1. The molecule has 58 valence electrons. The zero-order valence-electron chi connectivity index (χ0n) is 6.29. The summed E-state index contributed by atoms with van der Waals surface area (Å²) in [5.74, 6) is 0.602. The van der Waals surface area contributed by atoms with Gasteiger partial charge in [0.1, 0.15) is 0 Å². The van der Waals surface area contributed by atoms with E-state index in [1.807, 2.05) is 0 Å². The number of fused-ring (bicyclic) bond motifs is 1. The third-order valence-electron chi connectivity index (χ3n) is 2.71. The summed E-state index contributed by atoms with van der Waals surface area (Å²) in [6.45, 7) is 2.80. The van der Waals surface area contributed by atoms with Crippen LogP contribution in [0.25, 0.3) is 0 Å². The molecule has 3 nitrogen and oxygen atoms in total. The molecule has 2 saturated heterocycles. The lowest BCUT2D eigenvalue weighted by Crippen LogP contribution is -2.30. The molecule has 3 heteroatoms. The molecule has 2 N–H and O–H groups in total. The molecule has 0 radical (unpaired) electrons. The van der Waals surface area contributed by atoms with E-state index in [0.717, 1.165) is 19.8 Å². The third kappa shape index (κ3) is 0.779. The summed E-state index contributed by atoms with van der Waals surface area (Å²) in [7, 11) is 2.12. The molecule has 3 atom stereocenters. The van der Waals surface area contributed by atoms with Crippen molar-refractivity contribution in [2.75, 3.05) is 26.8 Å². The van der Waals surface area contributed by atoms with E-state index >= 15 is 0 Å². The molecule has 0 aromatic carbocycles. The molecule has 0 bridgehead atoms. The lowest BCUT2D eigenvalue weighted by molar-refractivity contribution is 0.153. The van der Waals surface area contributed by atoms with Crippen molar-refractivity contribution in [3.05, 3.63) is 0 Å². The van der Waals surface area contributed by atoms with Crippen molar-refractivity contribution in [1.82, 2.24) is 4.90 Å². The van der Waals surface area contributed by atoms with E-state index in [1.54, 1.807) is 0 Å². The van der Waals surface area contributed by atoms with Crippen LogP contribution in [-0.2, 0) is 4.74 Å². The maximum absolute atomic E-state index is 5.89. The Morgan fingerprint density at radius 1 is 1.50 bits per heavy atom. The Balaban J connectivity index is 2.11. The highest BCUT2D eigenvalue weighted by atomic mass is 16.5. The van der Waals surface area contributed by atoms with Crippen molar-refractivity contribution < 1.29 is 4.74 Å². The number of hydrogen-bond donors (Lipinski definition) is 1. The minimum atomic E-state index is 0.345. The number of nitrogens with two attached hydrogens (primary N) is 1. The lowest BCUT2D eigenvalue weighted by Gasteiger charge is -2.14. The van der Waals surface area contributed by atoms with Crippen molar-refractivity contribution >= 4 is 0 Å². The van der Waals surface area contributed by atoms with Crippen molar-refractivity contribution in [2.24, 2.45) is 11.7 Å². The zero-order valence-corrected chi connectivity index (χ0v) is 6.29. The molecule has 2 heterocycles. The summed E-state index contributed by atoms with van der Waals surface area (Å²) in [4.78, 5) is 2.31. The SMILES string of the molecule is CN1CC(N)C2COCC21. The molecular weight excluding hydrogens is 128 g/mol. The predicted octanol–water partition coefficient (Wildman–Crippen LogP) is -0.726. The van der Waals surface area contributed by atoms with Gasteiger partial charge < -0.3 is 10.5 Å². The first-order chi connectivity index (χ1) is 4.79. The zero-order chi connectivity index (χ0) is 7.14. The van der Waals surface area contributed by atoms with Crippen molar-refractivity contribution in [1.29, 1.82) is 0 Å². The van der Waals surface area contributed by atoms with E-state index in [1.165, 1.54) is 0 Å². The highest BCUT2D eigenvalue weighted by molar-refractivity contribution is 4.96. The first-order valence-corrected chi connectivity index (χ1v) is 3.82. The third-order valence-corrected chi connectivity index (χ3v) is 2.71. The summed E-state index contributed by atoms with van der Waals surface area (Å²) in [5, 5.41) is 0. The van der Waals surface area contributed by atoms with E-state index < -0.39 is 0 Å². The van der Waals surface area contributed by atoms with Crippen molar-refractivity contribution in [3.63, 3.8) is 0 Å². The summed E-state index contributed by atoms with van der Waals surface area (Å²) in [6, 6.07) is 0.951. The van der Waals surface area contributed by atoms with Gasteiger partial charge in [-0.1, -0.05) is 0 Å². The van der Waals surface area contributed by atoms with Gasteiger partial charge >= 0.3 is 0 Å². The second-order valence-electron chi connectivity index (χ2n) is 3.37. The second kappa shape index (κ2) is 2.19. The van der Waals surface area contributed by atoms with Gasteiger partial charge in [-0.25, -0.2) is 0 Å². The molecule has 0 saturated carbocycles. The molecule has 0 aromatic rings. The molecule has 3 unspecified atom stereocenters. The van der Waals surface area contributed by atoms with Gasteiger partial charge in [0, 0.05) is 24.5 Å². The van der Waals surface area contributed by atoms with Crippen LogP contribution in [0, 0.1) is 5.92 Å². The van der Waals surface area contributed by atoms with Gasteiger partial charge in [-0.05, 0) is 7.05 Å². The molecule has 2 aliphatic rings. The molecular formula is C7H14N2O. The lowest BCUT2D eigenvalue weighted by atomic mass is 10.0. The van der Waals surface area contributed by atoms with Crippen LogP contribution in [-0.4, -0.2) is 43.8 Å². The molecule has 2 aliphatic heterocycles. The second-order valence-corrected chi connectivity index (χ2v) is 3.37. The van der Waals surface area contributed by atoms with Gasteiger partial charge in [-0.2, -0.15) is 0 Å². The maximum atomic E-state index is 5.89. The maximum Gasteiger partial charge on any atom is 0.0626 e. The quantitative estimate of drug-likeness (QED) is 0.485. The normalized spacial score (nSPS) is 48.0. The predicted molar refractivity (Wildman–Crippen MR) is 38.7 cm³/mol. The van der Waals surface area contributed by atoms with Crippen LogP contribution in [0.3, 0.4) is 0 Å². The summed E-state index contributed by atoms with van der Waals surface area (Å²) in [5.41, 5.74) is 5.89. The van der Waals surface area contributed by atoms with E-state index in [-0.39, 0.29) is 0 Å². The number of rotatable bonds is 0. The Labute approximate surface area is 61.1 Å². The summed E-state index contributed by atoms with van der Waals surface area (Å²) >= 11 is 0. The van der Waals surface area contributed by atoms with Gasteiger partial charge in [0.15, 0.2) is 0 Å². The highest BCUT2D eigenvalue weighted by Gasteiger charge is 2.41. The molecule has 0 aliphatic carbocycles. The van der Waals surface area contributed by atoms with E-state index in [2.05, 4.69) is 11.9 Å². The van der Waals surface area contributed by atoms with Gasteiger partial charge in [0.25, 0.3) is 0 Å². The molecule has 2 fully saturated rings. The average Bonchev–Trinajstić information content (AvgIpc) is 2.39. The minimum Gasteiger partial charge on any atom is -0.379 e. The van der Waals surface area contributed by atoms with Gasteiger partial charge in [-0.3, -0.25) is 4.90 Å². The van der Waals surface area contributed by atoms with E-state index in [0.29, 0.717) is 18.0 Å². The van der Waals surface area contributed by atoms with Crippen LogP contribution in [0.5, 0.6) is 0 Å². The number of nitrogens with zero attached hydrogens (tertiary/aromatic N) is 1. The Morgan fingerprint density at radius 2 is 2.30 bits per heavy atom. The fourth-order valence-corrected chi connectivity index (χ4v) is 2.03. The summed E-state index contributed by atoms with van der Waals surface area (Å²) in [6.07, 6.45) is 0. The van der Waals surface area contributed by atoms with Gasteiger partial charge in [0.05, 0.1) is 13.2 Å². The average molecular weight is 142 g/mol. The molecule has 0 amide bonds. The standard InChI is InChI=1S/C7H14N2O/c1-9-2-6(8)5-3-10-4-7(5)9/h5-7H,2-4,8H2,1H3. The largest absolute Gasteiger partial charge is 0.379 e. The van der Waals surface area contributed by atoms with Crippen LogP contribution in [0.1, 0.15) is 0 Å². The fourth-order valence-electron chi connectivity index (χ4n) is 2.03. The van der Waals surface area contributed by atoms with E-state index in [9.17, 15) is 0 Å². The van der Waals surface area contributed by atoms with Crippen LogP contribution in [0.4, 0.5) is 0 Å².